The lowest BCUT2D eigenvalue weighted by molar-refractivity contribution is -0.153. The van der Waals surface area contributed by atoms with Crippen molar-refractivity contribution in [2.45, 2.75) is 25.8 Å². The highest BCUT2D eigenvalue weighted by atomic mass is 32.2. The molecule has 0 aromatic rings. The molecule has 1 aliphatic rings. The Morgan fingerprint density at radius 1 is 1.44 bits per heavy atom. The Balaban J connectivity index is 0.000000487. The normalized spacial score (nSPS) is 18.8. The van der Waals surface area contributed by atoms with Crippen LogP contribution in [0.4, 0.5) is 0 Å². The number of likely N-dealkylation sites (tertiary alicyclic amines) is 1. The number of hydrogen-bond donors (Lipinski definition) is 2. The number of nitrogens with zero attached hydrogens (tertiary/aromatic N) is 1. The molecule has 9 heteroatoms. The number of aliphatic carboxylic acids is 1. The smallest absolute Gasteiger partial charge is 0.326 e. The van der Waals surface area contributed by atoms with Crippen LogP contribution in [0.2, 0.25) is 0 Å². The van der Waals surface area contributed by atoms with Gasteiger partial charge in [-0.3, -0.25) is 14.5 Å². The second-order valence-electron chi connectivity index (χ2n) is 2.89. The molecule has 1 rings (SSSR count). The molecule has 2 amide bonds. The van der Waals surface area contributed by atoms with Gasteiger partial charge in [-0.2, -0.15) is 0 Å². The van der Waals surface area contributed by atoms with E-state index in [1.807, 2.05) is 0 Å². The van der Waals surface area contributed by atoms with Gasteiger partial charge in [-0.05, 0) is 6.92 Å². The molecule has 1 heterocycles. The van der Waals surface area contributed by atoms with E-state index in [9.17, 15) is 14.4 Å². The molecule has 1 fully saturated rings. The van der Waals surface area contributed by atoms with Gasteiger partial charge in [0.15, 0.2) is 0 Å². The summed E-state index contributed by atoms with van der Waals surface area (Å²) in [6.07, 6.45) is 0.271. The van der Waals surface area contributed by atoms with E-state index in [0.29, 0.717) is 0 Å². The summed E-state index contributed by atoms with van der Waals surface area (Å²) in [6.45, 7) is 1.32. The minimum Gasteiger partial charge on any atom is -0.750 e. The van der Waals surface area contributed by atoms with Gasteiger partial charge in [0.1, 0.15) is 6.04 Å². The maximum absolute atomic E-state index is 11.0. The largest absolute Gasteiger partial charge is 0.750 e. The molecule has 0 saturated carbocycles. The topological polar surface area (TPSA) is 135 Å². The van der Waals surface area contributed by atoms with E-state index >= 15 is 0 Å². The summed E-state index contributed by atoms with van der Waals surface area (Å²) in [5.41, 5.74) is 0. The zero-order valence-corrected chi connectivity index (χ0v) is 9.10. The zero-order chi connectivity index (χ0) is 12.9. The van der Waals surface area contributed by atoms with Crippen LogP contribution >= 0.6 is 0 Å². The first-order chi connectivity index (χ1) is 7.27. The summed E-state index contributed by atoms with van der Waals surface area (Å²) in [4.78, 5) is 33.2. The molecule has 1 saturated heterocycles. The van der Waals surface area contributed by atoms with Crippen LogP contribution in [0.5, 0.6) is 0 Å². The molecule has 2 N–H and O–H groups in total. The molecule has 8 nitrogen and oxygen atoms in total. The third-order valence-corrected chi connectivity index (χ3v) is 1.83. The fraction of sp³-hybridized carbons (Fsp3) is 0.571. The second-order valence-corrected chi connectivity index (χ2v) is 3.32. The minimum atomic E-state index is -2.86. The molecule has 0 radical (unpaired) electrons. The van der Waals surface area contributed by atoms with Gasteiger partial charge in [-0.15, -0.1) is 0 Å². The van der Waals surface area contributed by atoms with E-state index < -0.39 is 35.2 Å². The molecule has 0 spiro atoms. The number of rotatable bonds is 2. The fourth-order valence-electron chi connectivity index (χ4n) is 1.14. The Morgan fingerprint density at radius 3 is 2.00 bits per heavy atom. The molecule has 2 unspecified atom stereocenters. The number of amides is 2. The molecule has 0 aromatic heterocycles. The third-order valence-electron chi connectivity index (χ3n) is 1.83. The first-order valence-corrected chi connectivity index (χ1v) is 5.16. The highest BCUT2D eigenvalue weighted by molar-refractivity contribution is 7.73. The number of carboxylic acid groups (broad SMARTS) is 1. The zero-order valence-electron chi connectivity index (χ0n) is 8.28. The van der Waals surface area contributed by atoms with Gasteiger partial charge in [0, 0.05) is 12.8 Å². The van der Waals surface area contributed by atoms with E-state index in [-0.39, 0.29) is 12.8 Å². The van der Waals surface area contributed by atoms with E-state index in [1.54, 1.807) is 0 Å². The molecule has 0 aromatic carbocycles. The van der Waals surface area contributed by atoms with Gasteiger partial charge < -0.3 is 14.2 Å². The Hall–Kier alpha value is -1.32. The van der Waals surface area contributed by atoms with Gasteiger partial charge in [0.25, 0.3) is 0 Å². The Kier molecular flexibility index (Phi) is 5.78. The van der Waals surface area contributed by atoms with Crippen molar-refractivity contribution in [2.24, 2.45) is 0 Å². The van der Waals surface area contributed by atoms with Crippen LogP contribution in [0.3, 0.4) is 0 Å². The molecule has 16 heavy (non-hydrogen) atoms. The van der Waals surface area contributed by atoms with Crippen LogP contribution in [0.25, 0.3) is 0 Å². The Bertz CT molecular complexity index is 309. The molecular formula is C7H10NO7S-. The van der Waals surface area contributed by atoms with Gasteiger partial charge in [-0.1, -0.05) is 0 Å². The Labute approximate surface area is 93.3 Å². The van der Waals surface area contributed by atoms with Crippen molar-refractivity contribution in [2.75, 3.05) is 0 Å². The summed E-state index contributed by atoms with van der Waals surface area (Å²) in [5.74, 6) is -1.94. The molecule has 92 valence electrons. The lowest BCUT2D eigenvalue weighted by Gasteiger charge is -2.17. The van der Waals surface area contributed by atoms with E-state index in [1.165, 1.54) is 6.92 Å². The van der Waals surface area contributed by atoms with Crippen molar-refractivity contribution in [3.63, 3.8) is 0 Å². The summed E-state index contributed by atoms with van der Waals surface area (Å²) in [5, 5.41) is 8.53. The first kappa shape index (κ1) is 14.7. The number of hydrogen-bond acceptors (Lipinski definition) is 5. The average molecular weight is 252 g/mol. The minimum absolute atomic E-state index is 0.135. The number of imide groups is 1. The van der Waals surface area contributed by atoms with E-state index in [0.717, 1.165) is 4.90 Å². The molecule has 1 aliphatic heterocycles. The molecular weight excluding hydrogens is 242 g/mol. The number of carboxylic acids is 1. The van der Waals surface area contributed by atoms with Gasteiger partial charge >= 0.3 is 5.97 Å². The van der Waals surface area contributed by atoms with Crippen LogP contribution in [0, 0.1) is 0 Å². The van der Waals surface area contributed by atoms with Crippen LogP contribution in [-0.4, -0.2) is 47.1 Å². The predicted molar refractivity (Wildman–Crippen MR) is 49.7 cm³/mol. The molecule has 0 aliphatic carbocycles. The Morgan fingerprint density at radius 2 is 1.75 bits per heavy atom. The molecule has 2 atom stereocenters. The number of carbonyl (C=O) groups excluding carboxylic acids is 2. The van der Waals surface area contributed by atoms with Gasteiger partial charge in [0.05, 0.1) is 11.4 Å². The van der Waals surface area contributed by atoms with Crippen molar-refractivity contribution in [3.8, 4) is 0 Å². The van der Waals surface area contributed by atoms with Crippen LogP contribution < -0.4 is 0 Å². The first-order valence-electron chi connectivity index (χ1n) is 4.13. The number of carbonyl (C=O) groups is 3. The van der Waals surface area contributed by atoms with E-state index in [2.05, 4.69) is 0 Å². The SMILES string of the molecule is CC(C(=O)O)N1C(=O)CCC1=O.O=S([O-])O. The third kappa shape index (κ3) is 4.47. The van der Waals surface area contributed by atoms with Crippen LogP contribution in [0.15, 0.2) is 0 Å². The van der Waals surface area contributed by atoms with Crippen molar-refractivity contribution >= 4 is 29.1 Å². The monoisotopic (exact) mass is 252 g/mol. The van der Waals surface area contributed by atoms with Crippen molar-refractivity contribution < 1.29 is 32.8 Å². The van der Waals surface area contributed by atoms with Crippen LogP contribution in [-0.2, 0) is 25.7 Å². The van der Waals surface area contributed by atoms with Gasteiger partial charge in [-0.25, -0.2) is 9.00 Å². The lowest BCUT2D eigenvalue weighted by atomic mass is 10.3. The van der Waals surface area contributed by atoms with E-state index in [4.69, 9.17) is 18.4 Å². The summed E-state index contributed by atoms with van der Waals surface area (Å²) >= 11 is -2.86. The lowest BCUT2D eigenvalue weighted by Crippen LogP contribution is -2.42. The molecule has 0 bridgehead atoms. The summed E-state index contributed by atoms with van der Waals surface area (Å²) in [7, 11) is 0. The maximum Gasteiger partial charge on any atom is 0.326 e. The summed E-state index contributed by atoms with van der Waals surface area (Å²) in [6, 6.07) is -1.03. The average Bonchev–Trinajstić information content (AvgIpc) is 2.44. The highest BCUT2D eigenvalue weighted by Gasteiger charge is 2.35. The fourth-order valence-corrected chi connectivity index (χ4v) is 1.14. The predicted octanol–water partition coefficient (Wildman–Crippen LogP) is -1.05. The highest BCUT2D eigenvalue weighted by Crippen LogP contribution is 2.14. The standard InChI is InChI=1S/C7H9NO4.H2O3S/c1-4(7(11)12)8-5(9)2-3-6(8)10;1-4(2)3/h4H,2-3H2,1H3,(H,11,12);(H2,1,2,3)/p-1. The van der Waals surface area contributed by atoms with Crippen LogP contribution in [0.1, 0.15) is 19.8 Å². The van der Waals surface area contributed by atoms with Crippen molar-refractivity contribution in [3.05, 3.63) is 0 Å². The quantitative estimate of drug-likeness (QED) is 0.472. The van der Waals surface area contributed by atoms with Crippen molar-refractivity contribution in [1.82, 2.24) is 4.90 Å². The van der Waals surface area contributed by atoms with Gasteiger partial charge in [0.2, 0.25) is 11.8 Å². The summed E-state index contributed by atoms with van der Waals surface area (Å²) < 4.78 is 24.1. The second kappa shape index (κ2) is 6.30. The van der Waals surface area contributed by atoms with Crippen molar-refractivity contribution in [1.29, 1.82) is 0 Å². The maximum atomic E-state index is 11.0.